The summed E-state index contributed by atoms with van der Waals surface area (Å²) in [4.78, 5) is 16.1. The standard InChI is InChI=1S/C15H21Cl2N3O/c1-11(2)10-18-15(21)20-5-3-19(4-6-20)14-8-12(16)7-13(17)9-14/h7-9,11H,3-6,10H2,1-2H3,(H,18,21). The first-order chi connectivity index (χ1) is 9.95. The van der Waals surface area contributed by atoms with Crippen molar-refractivity contribution in [1.82, 2.24) is 10.2 Å². The lowest BCUT2D eigenvalue weighted by molar-refractivity contribution is 0.193. The summed E-state index contributed by atoms with van der Waals surface area (Å²) >= 11 is 12.1. The third kappa shape index (κ3) is 4.68. The third-order valence-corrected chi connectivity index (χ3v) is 3.88. The fourth-order valence-electron chi connectivity index (χ4n) is 2.29. The molecule has 0 spiro atoms. The smallest absolute Gasteiger partial charge is 0.317 e. The van der Waals surface area contributed by atoms with Crippen LogP contribution in [0, 0.1) is 5.92 Å². The molecule has 1 aliphatic rings. The fraction of sp³-hybridized carbons (Fsp3) is 0.533. The molecule has 4 nitrogen and oxygen atoms in total. The molecule has 21 heavy (non-hydrogen) atoms. The van der Waals surface area contributed by atoms with E-state index in [2.05, 4.69) is 24.1 Å². The van der Waals surface area contributed by atoms with Gasteiger partial charge in [0.05, 0.1) is 0 Å². The van der Waals surface area contributed by atoms with Crippen LogP contribution >= 0.6 is 23.2 Å². The van der Waals surface area contributed by atoms with Crippen LogP contribution in [0.2, 0.25) is 10.0 Å². The predicted molar refractivity (Wildman–Crippen MR) is 88.5 cm³/mol. The zero-order valence-electron chi connectivity index (χ0n) is 12.4. The van der Waals surface area contributed by atoms with E-state index in [4.69, 9.17) is 23.2 Å². The molecule has 0 aliphatic carbocycles. The van der Waals surface area contributed by atoms with Gasteiger partial charge < -0.3 is 15.1 Å². The Hall–Kier alpha value is -1.13. The maximum Gasteiger partial charge on any atom is 0.317 e. The van der Waals surface area contributed by atoms with Crippen molar-refractivity contribution < 1.29 is 4.79 Å². The Morgan fingerprint density at radius 2 is 1.71 bits per heavy atom. The molecule has 0 saturated carbocycles. The number of halogens is 2. The van der Waals surface area contributed by atoms with Crippen molar-refractivity contribution in [2.75, 3.05) is 37.6 Å². The molecule has 1 saturated heterocycles. The van der Waals surface area contributed by atoms with Crippen LogP contribution in [-0.2, 0) is 0 Å². The fourth-order valence-corrected chi connectivity index (χ4v) is 2.81. The number of carbonyl (C=O) groups is 1. The van der Waals surface area contributed by atoms with Gasteiger partial charge in [-0.05, 0) is 24.1 Å². The predicted octanol–water partition coefficient (Wildman–Crippen LogP) is 3.48. The van der Waals surface area contributed by atoms with E-state index in [0.717, 1.165) is 18.8 Å². The van der Waals surface area contributed by atoms with Crippen LogP contribution in [0.3, 0.4) is 0 Å². The van der Waals surface area contributed by atoms with Gasteiger partial charge in [0.2, 0.25) is 0 Å². The average molecular weight is 330 g/mol. The SMILES string of the molecule is CC(C)CNC(=O)N1CCN(c2cc(Cl)cc(Cl)c2)CC1. The van der Waals surface area contributed by atoms with E-state index in [0.29, 0.717) is 35.6 Å². The highest BCUT2D eigenvalue weighted by Crippen LogP contribution is 2.26. The van der Waals surface area contributed by atoms with Gasteiger partial charge in [0.15, 0.2) is 0 Å². The summed E-state index contributed by atoms with van der Waals surface area (Å²) in [5.74, 6) is 0.462. The lowest BCUT2D eigenvalue weighted by Crippen LogP contribution is -2.52. The molecule has 1 N–H and O–H groups in total. The highest BCUT2D eigenvalue weighted by atomic mass is 35.5. The van der Waals surface area contributed by atoms with Gasteiger partial charge in [-0.15, -0.1) is 0 Å². The Kier molecular flexibility index (Phi) is 5.59. The largest absolute Gasteiger partial charge is 0.368 e. The number of anilines is 1. The second kappa shape index (κ2) is 7.23. The Balaban J connectivity index is 1.89. The number of rotatable bonds is 3. The van der Waals surface area contributed by atoms with E-state index < -0.39 is 0 Å². The number of hydrogen-bond acceptors (Lipinski definition) is 2. The van der Waals surface area contributed by atoms with Crippen LogP contribution in [0.25, 0.3) is 0 Å². The first kappa shape index (κ1) is 16.2. The molecule has 1 heterocycles. The molecule has 2 rings (SSSR count). The van der Waals surface area contributed by atoms with Gasteiger partial charge in [-0.3, -0.25) is 0 Å². The van der Waals surface area contributed by atoms with Crippen molar-refractivity contribution in [1.29, 1.82) is 0 Å². The van der Waals surface area contributed by atoms with Crippen molar-refractivity contribution in [2.45, 2.75) is 13.8 Å². The Morgan fingerprint density at radius 3 is 2.24 bits per heavy atom. The van der Waals surface area contributed by atoms with E-state index in [1.807, 2.05) is 17.0 Å². The summed E-state index contributed by atoms with van der Waals surface area (Å²) in [5.41, 5.74) is 1.01. The van der Waals surface area contributed by atoms with Gasteiger partial charge in [-0.25, -0.2) is 4.79 Å². The molecule has 1 aromatic rings. The number of benzene rings is 1. The van der Waals surface area contributed by atoms with Crippen molar-refractivity contribution in [3.63, 3.8) is 0 Å². The molecule has 2 amide bonds. The number of nitrogens with zero attached hydrogens (tertiary/aromatic N) is 2. The number of amides is 2. The van der Waals surface area contributed by atoms with E-state index in [-0.39, 0.29) is 6.03 Å². The van der Waals surface area contributed by atoms with E-state index >= 15 is 0 Å². The van der Waals surface area contributed by atoms with E-state index in [9.17, 15) is 4.79 Å². The summed E-state index contributed by atoms with van der Waals surface area (Å²) in [6.45, 7) is 7.85. The number of urea groups is 1. The molecule has 0 bridgehead atoms. The van der Waals surface area contributed by atoms with Gasteiger partial charge in [0.1, 0.15) is 0 Å². The lowest BCUT2D eigenvalue weighted by Gasteiger charge is -2.36. The zero-order chi connectivity index (χ0) is 15.4. The van der Waals surface area contributed by atoms with Crippen molar-refractivity contribution in [2.24, 2.45) is 5.92 Å². The quantitative estimate of drug-likeness (QED) is 0.921. The topological polar surface area (TPSA) is 35.6 Å². The number of hydrogen-bond donors (Lipinski definition) is 1. The monoisotopic (exact) mass is 329 g/mol. The normalized spacial score (nSPS) is 15.5. The third-order valence-electron chi connectivity index (χ3n) is 3.44. The van der Waals surface area contributed by atoms with Crippen molar-refractivity contribution >= 4 is 34.9 Å². The molecule has 0 unspecified atom stereocenters. The van der Waals surface area contributed by atoms with Crippen LogP contribution in [0.1, 0.15) is 13.8 Å². The lowest BCUT2D eigenvalue weighted by atomic mass is 10.2. The summed E-state index contributed by atoms with van der Waals surface area (Å²) in [5, 5.41) is 4.22. The Bertz CT molecular complexity index is 479. The molecule has 116 valence electrons. The summed E-state index contributed by atoms with van der Waals surface area (Å²) in [6.07, 6.45) is 0. The highest BCUT2D eigenvalue weighted by Gasteiger charge is 2.21. The van der Waals surface area contributed by atoms with Gasteiger partial charge >= 0.3 is 6.03 Å². The second-order valence-corrected chi connectivity index (χ2v) is 6.55. The summed E-state index contributed by atoms with van der Waals surface area (Å²) < 4.78 is 0. The Labute approximate surface area is 136 Å². The maximum absolute atomic E-state index is 12.0. The number of carbonyl (C=O) groups excluding carboxylic acids is 1. The van der Waals surface area contributed by atoms with Crippen molar-refractivity contribution in [3.8, 4) is 0 Å². The first-order valence-corrected chi connectivity index (χ1v) is 7.95. The second-order valence-electron chi connectivity index (χ2n) is 5.68. The number of piperazine rings is 1. The van der Waals surface area contributed by atoms with Crippen LogP contribution < -0.4 is 10.2 Å². The summed E-state index contributed by atoms with van der Waals surface area (Å²) in [7, 11) is 0. The Morgan fingerprint density at radius 1 is 1.14 bits per heavy atom. The van der Waals surface area contributed by atoms with Crippen LogP contribution in [0.15, 0.2) is 18.2 Å². The molecule has 0 atom stereocenters. The molecule has 1 aliphatic heterocycles. The molecule has 6 heteroatoms. The zero-order valence-corrected chi connectivity index (χ0v) is 13.9. The minimum absolute atomic E-state index is 0.0208. The van der Waals surface area contributed by atoms with Crippen LogP contribution in [0.5, 0.6) is 0 Å². The molecule has 0 aromatic heterocycles. The minimum Gasteiger partial charge on any atom is -0.368 e. The minimum atomic E-state index is 0.0208. The molecule has 1 aromatic carbocycles. The average Bonchev–Trinajstić information content (AvgIpc) is 2.44. The number of nitrogens with one attached hydrogen (secondary N) is 1. The highest BCUT2D eigenvalue weighted by molar-refractivity contribution is 6.35. The van der Waals surface area contributed by atoms with Gasteiger partial charge in [0, 0.05) is 48.5 Å². The van der Waals surface area contributed by atoms with Gasteiger partial charge in [-0.1, -0.05) is 37.0 Å². The van der Waals surface area contributed by atoms with E-state index in [1.165, 1.54) is 0 Å². The maximum atomic E-state index is 12.0. The molecular formula is C15H21Cl2N3O. The molecule has 0 radical (unpaired) electrons. The van der Waals surface area contributed by atoms with Gasteiger partial charge in [-0.2, -0.15) is 0 Å². The molecular weight excluding hydrogens is 309 g/mol. The van der Waals surface area contributed by atoms with Gasteiger partial charge in [0.25, 0.3) is 0 Å². The van der Waals surface area contributed by atoms with E-state index in [1.54, 1.807) is 6.07 Å². The first-order valence-electron chi connectivity index (χ1n) is 7.19. The van der Waals surface area contributed by atoms with Crippen LogP contribution in [-0.4, -0.2) is 43.7 Å². The molecule has 1 fully saturated rings. The van der Waals surface area contributed by atoms with Crippen LogP contribution in [0.4, 0.5) is 10.5 Å². The summed E-state index contributed by atoms with van der Waals surface area (Å²) in [6, 6.07) is 5.55. The van der Waals surface area contributed by atoms with Crippen molar-refractivity contribution in [3.05, 3.63) is 28.2 Å².